The molecule has 1 aliphatic heterocycles. The fourth-order valence-electron chi connectivity index (χ4n) is 2.58. The van der Waals surface area contributed by atoms with E-state index >= 15 is 0 Å². The molecule has 2 rings (SSSR count). The van der Waals surface area contributed by atoms with Gasteiger partial charge in [-0.25, -0.2) is 9.98 Å². The topological polar surface area (TPSA) is 77.0 Å². The highest BCUT2D eigenvalue weighted by Crippen LogP contribution is 2.14. The maximum absolute atomic E-state index is 5.71. The Morgan fingerprint density at radius 1 is 1.42 bits per heavy atom. The predicted molar refractivity (Wildman–Crippen MR) is 113 cm³/mol. The molecule has 2 N–H and O–H groups in total. The van der Waals surface area contributed by atoms with Gasteiger partial charge in [0.05, 0.1) is 26.9 Å². The molecule has 26 heavy (non-hydrogen) atoms. The summed E-state index contributed by atoms with van der Waals surface area (Å²) >= 11 is 0. The first-order chi connectivity index (χ1) is 12.3. The Morgan fingerprint density at radius 2 is 2.31 bits per heavy atom. The minimum Gasteiger partial charge on any atom is -0.481 e. The lowest BCUT2D eigenvalue weighted by atomic mass is 10.1. The van der Waals surface area contributed by atoms with Gasteiger partial charge in [0.15, 0.2) is 5.96 Å². The molecule has 1 saturated heterocycles. The minimum absolute atomic E-state index is 0. The van der Waals surface area contributed by atoms with E-state index in [2.05, 4.69) is 27.5 Å². The summed E-state index contributed by atoms with van der Waals surface area (Å²) in [4.78, 5) is 8.78. The second-order valence-electron chi connectivity index (χ2n) is 5.95. The molecule has 1 aromatic rings. The van der Waals surface area contributed by atoms with Crippen molar-refractivity contribution in [2.24, 2.45) is 10.9 Å². The number of pyridine rings is 1. The predicted octanol–water partition coefficient (Wildman–Crippen LogP) is 2.21. The van der Waals surface area contributed by atoms with E-state index in [1.54, 1.807) is 13.3 Å². The third kappa shape index (κ3) is 8.50. The van der Waals surface area contributed by atoms with Crippen molar-refractivity contribution in [3.05, 3.63) is 23.9 Å². The summed E-state index contributed by atoms with van der Waals surface area (Å²) < 4.78 is 16.3. The first kappa shape index (κ1) is 22.9. The molecule has 2 heterocycles. The average Bonchev–Trinajstić information content (AvgIpc) is 3.16. The Labute approximate surface area is 173 Å². The summed E-state index contributed by atoms with van der Waals surface area (Å²) in [5.41, 5.74) is 0.962. The van der Waals surface area contributed by atoms with Crippen molar-refractivity contribution in [2.45, 2.75) is 26.3 Å². The van der Waals surface area contributed by atoms with Crippen molar-refractivity contribution in [3.8, 4) is 5.88 Å². The number of aliphatic imine (C=N–C) groups is 1. The molecule has 0 bridgehead atoms. The van der Waals surface area contributed by atoms with Crippen LogP contribution in [0.3, 0.4) is 0 Å². The molecule has 0 aromatic carbocycles. The molecule has 8 heteroatoms. The number of hydrogen-bond donors (Lipinski definition) is 2. The molecular formula is C18H31IN4O3. The molecule has 148 valence electrons. The molecule has 1 fully saturated rings. The Morgan fingerprint density at radius 3 is 3.04 bits per heavy atom. The summed E-state index contributed by atoms with van der Waals surface area (Å²) in [6.45, 7) is 7.46. The number of nitrogens with zero attached hydrogens (tertiary/aromatic N) is 2. The number of ether oxygens (including phenoxy) is 3. The zero-order chi connectivity index (χ0) is 17.7. The lowest BCUT2D eigenvalue weighted by Crippen LogP contribution is -2.38. The van der Waals surface area contributed by atoms with Crippen molar-refractivity contribution >= 4 is 29.9 Å². The van der Waals surface area contributed by atoms with E-state index in [1.165, 1.54) is 0 Å². The minimum atomic E-state index is 0. The Hall–Kier alpha value is -1.13. The first-order valence-electron chi connectivity index (χ1n) is 8.99. The van der Waals surface area contributed by atoms with Crippen molar-refractivity contribution in [1.29, 1.82) is 0 Å². The second-order valence-corrected chi connectivity index (χ2v) is 5.95. The third-order valence-corrected chi connectivity index (χ3v) is 3.93. The van der Waals surface area contributed by atoms with Crippen LogP contribution in [0, 0.1) is 5.92 Å². The normalized spacial score (nSPS) is 16.8. The number of aromatic nitrogens is 1. The third-order valence-electron chi connectivity index (χ3n) is 3.93. The fourth-order valence-corrected chi connectivity index (χ4v) is 2.58. The molecule has 0 radical (unpaired) electrons. The van der Waals surface area contributed by atoms with E-state index in [9.17, 15) is 0 Å². The SMILES string of the molecule is CCNC(=NCc1cccnc1OC)NCCCOCC1CCOC1.I. The maximum Gasteiger partial charge on any atom is 0.218 e. The van der Waals surface area contributed by atoms with Gasteiger partial charge in [0.1, 0.15) is 0 Å². The van der Waals surface area contributed by atoms with Crippen LogP contribution in [0.15, 0.2) is 23.3 Å². The standard InChI is InChI=1S/C18H30N4O3.HI/c1-3-19-18(22-12-16-6-4-8-20-17(16)23-2)21-9-5-10-24-13-15-7-11-25-14-15;/h4,6,8,15H,3,5,7,9-14H2,1-2H3,(H2,19,21,22);1H. The fraction of sp³-hybridized carbons (Fsp3) is 0.667. The van der Waals surface area contributed by atoms with E-state index in [4.69, 9.17) is 14.2 Å². The Kier molecular flexibility index (Phi) is 12.3. The van der Waals surface area contributed by atoms with Crippen LogP contribution in [-0.4, -0.2) is 57.6 Å². The lowest BCUT2D eigenvalue weighted by molar-refractivity contribution is 0.0888. The zero-order valence-electron chi connectivity index (χ0n) is 15.7. The molecular weight excluding hydrogens is 447 g/mol. The molecule has 7 nitrogen and oxygen atoms in total. The van der Waals surface area contributed by atoms with E-state index < -0.39 is 0 Å². The first-order valence-corrected chi connectivity index (χ1v) is 8.99. The summed E-state index contributed by atoms with van der Waals surface area (Å²) in [7, 11) is 1.62. The van der Waals surface area contributed by atoms with Crippen LogP contribution in [0.5, 0.6) is 5.88 Å². The highest BCUT2D eigenvalue weighted by molar-refractivity contribution is 14.0. The second kappa shape index (κ2) is 14.0. The average molecular weight is 478 g/mol. The number of guanidine groups is 1. The van der Waals surface area contributed by atoms with Crippen LogP contribution in [-0.2, 0) is 16.0 Å². The summed E-state index contributed by atoms with van der Waals surface area (Å²) in [6, 6.07) is 3.86. The smallest absolute Gasteiger partial charge is 0.218 e. The highest BCUT2D eigenvalue weighted by Gasteiger charge is 2.15. The maximum atomic E-state index is 5.71. The lowest BCUT2D eigenvalue weighted by Gasteiger charge is -2.12. The molecule has 1 atom stereocenters. The molecule has 0 aliphatic carbocycles. The number of methoxy groups -OCH3 is 1. The Balaban J connectivity index is 0.00000338. The molecule has 0 amide bonds. The monoisotopic (exact) mass is 478 g/mol. The van der Waals surface area contributed by atoms with Gasteiger partial charge in [0.2, 0.25) is 5.88 Å². The van der Waals surface area contributed by atoms with Gasteiger partial charge in [-0.2, -0.15) is 0 Å². The number of rotatable bonds is 10. The van der Waals surface area contributed by atoms with E-state index in [1.807, 2.05) is 12.1 Å². The summed E-state index contributed by atoms with van der Waals surface area (Å²) in [6.07, 6.45) is 3.77. The van der Waals surface area contributed by atoms with Crippen LogP contribution in [0.4, 0.5) is 0 Å². The number of hydrogen-bond acceptors (Lipinski definition) is 5. The van der Waals surface area contributed by atoms with Crippen LogP contribution < -0.4 is 15.4 Å². The quantitative estimate of drug-likeness (QED) is 0.233. The van der Waals surface area contributed by atoms with E-state index in [0.29, 0.717) is 18.3 Å². The largest absolute Gasteiger partial charge is 0.481 e. The van der Waals surface area contributed by atoms with Crippen LogP contribution in [0.1, 0.15) is 25.3 Å². The van der Waals surface area contributed by atoms with Crippen molar-refractivity contribution in [1.82, 2.24) is 15.6 Å². The molecule has 0 spiro atoms. The van der Waals surface area contributed by atoms with Gasteiger partial charge in [-0.1, -0.05) is 6.07 Å². The van der Waals surface area contributed by atoms with Crippen molar-refractivity contribution in [2.75, 3.05) is 46.6 Å². The van der Waals surface area contributed by atoms with Crippen LogP contribution in [0.25, 0.3) is 0 Å². The van der Waals surface area contributed by atoms with Crippen LogP contribution in [0.2, 0.25) is 0 Å². The molecule has 1 unspecified atom stereocenters. The highest BCUT2D eigenvalue weighted by atomic mass is 127. The molecule has 0 saturated carbocycles. The van der Waals surface area contributed by atoms with E-state index in [0.717, 1.165) is 63.9 Å². The summed E-state index contributed by atoms with van der Waals surface area (Å²) in [5.74, 6) is 1.98. The van der Waals surface area contributed by atoms with Crippen molar-refractivity contribution in [3.63, 3.8) is 0 Å². The Bertz CT molecular complexity index is 525. The van der Waals surface area contributed by atoms with Gasteiger partial charge in [-0.05, 0) is 25.8 Å². The van der Waals surface area contributed by atoms with Gasteiger partial charge in [-0.3, -0.25) is 0 Å². The van der Waals surface area contributed by atoms with Crippen molar-refractivity contribution < 1.29 is 14.2 Å². The van der Waals surface area contributed by atoms with Gasteiger partial charge < -0.3 is 24.8 Å². The summed E-state index contributed by atoms with van der Waals surface area (Å²) in [5, 5.41) is 6.58. The van der Waals surface area contributed by atoms with Crippen LogP contribution >= 0.6 is 24.0 Å². The van der Waals surface area contributed by atoms with Gasteiger partial charge in [-0.15, -0.1) is 24.0 Å². The van der Waals surface area contributed by atoms with Gasteiger partial charge in [0, 0.05) is 44.0 Å². The van der Waals surface area contributed by atoms with Gasteiger partial charge >= 0.3 is 0 Å². The number of halogens is 1. The van der Waals surface area contributed by atoms with E-state index in [-0.39, 0.29) is 24.0 Å². The van der Waals surface area contributed by atoms with Gasteiger partial charge in [0.25, 0.3) is 0 Å². The number of nitrogens with one attached hydrogen (secondary N) is 2. The zero-order valence-corrected chi connectivity index (χ0v) is 18.0. The molecule has 1 aliphatic rings. The molecule has 1 aromatic heterocycles.